The number of nitrogens with one attached hydrogen (secondary N) is 2. The van der Waals surface area contributed by atoms with Gasteiger partial charge in [-0.1, -0.05) is 13.8 Å². The third-order valence-corrected chi connectivity index (χ3v) is 6.74. The van der Waals surface area contributed by atoms with E-state index < -0.39 is 10.0 Å². The van der Waals surface area contributed by atoms with E-state index >= 15 is 0 Å². The van der Waals surface area contributed by atoms with Crippen LogP contribution in [0.25, 0.3) is 0 Å². The minimum absolute atomic E-state index is 0.275. The van der Waals surface area contributed by atoms with Crippen molar-refractivity contribution in [2.24, 2.45) is 11.8 Å². The predicted molar refractivity (Wildman–Crippen MR) is 114 cm³/mol. The van der Waals surface area contributed by atoms with Crippen molar-refractivity contribution in [2.45, 2.75) is 25.2 Å². The molecule has 8 heteroatoms. The molecule has 0 aliphatic carbocycles. The van der Waals surface area contributed by atoms with Gasteiger partial charge in [-0.05, 0) is 79.0 Å². The molecular formula is C20H24FN3O2S2. The Morgan fingerprint density at radius 1 is 0.964 bits per heavy atom. The zero-order valence-electron chi connectivity index (χ0n) is 15.9. The van der Waals surface area contributed by atoms with E-state index in [1.54, 1.807) is 40.7 Å². The van der Waals surface area contributed by atoms with Crippen molar-refractivity contribution in [3.8, 4) is 0 Å². The summed E-state index contributed by atoms with van der Waals surface area (Å²) in [6.45, 7) is 5.28. The molecule has 5 nitrogen and oxygen atoms in total. The minimum Gasteiger partial charge on any atom is -0.332 e. The van der Waals surface area contributed by atoms with Crippen LogP contribution >= 0.6 is 12.2 Å². The highest BCUT2D eigenvalue weighted by Crippen LogP contribution is 2.27. The summed E-state index contributed by atoms with van der Waals surface area (Å²) in [7, 11) is -3.50. The van der Waals surface area contributed by atoms with Crippen molar-refractivity contribution in [1.82, 2.24) is 4.31 Å². The van der Waals surface area contributed by atoms with Crippen LogP contribution in [0.2, 0.25) is 0 Å². The fourth-order valence-electron chi connectivity index (χ4n) is 3.49. The molecule has 1 fully saturated rings. The van der Waals surface area contributed by atoms with Crippen LogP contribution in [0, 0.1) is 17.7 Å². The highest BCUT2D eigenvalue weighted by atomic mass is 32.2. The second-order valence-corrected chi connectivity index (χ2v) is 9.72. The first kappa shape index (κ1) is 20.7. The number of hydrogen-bond acceptors (Lipinski definition) is 3. The quantitative estimate of drug-likeness (QED) is 0.721. The largest absolute Gasteiger partial charge is 0.332 e. The monoisotopic (exact) mass is 421 g/mol. The Hall–Kier alpha value is -2.03. The second kappa shape index (κ2) is 8.55. The van der Waals surface area contributed by atoms with Crippen LogP contribution in [0.15, 0.2) is 53.4 Å². The SMILES string of the molecule is C[C@@H]1C[C@@H](C)CN(S(=O)(=O)c2ccc(NC(=S)Nc3ccc(F)cc3)cc2)C1. The maximum absolute atomic E-state index is 13.0. The van der Waals surface area contributed by atoms with Crippen molar-refractivity contribution in [1.29, 1.82) is 0 Å². The average molecular weight is 422 g/mol. The van der Waals surface area contributed by atoms with Crippen LogP contribution in [0.1, 0.15) is 20.3 Å². The first-order chi connectivity index (χ1) is 13.2. The van der Waals surface area contributed by atoms with Gasteiger partial charge < -0.3 is 10.6 Å². The molecule has 1 heterocycles. The third kappa shape index (κ3) is 5.06. The zero-order valence-corrected chi connectivity index (χ0v) is 17.5. The number of sulfonamides is 1. The minimum atomic E-state index is -3.50. The Balaban J connectivity index is 1.65. The summed E-state index contributed by atoms with van der Waals surface area (Å²) in [6.07, 6.45) is 1.05. The lowest BCUT2D eigenvalue weighted by Gasteiger charge is -2.34. The summed E-state index contributed by atoms with van der Waals surface area (Å²) in [5, 5.41) is 6.28. The molecule has 1 aliphatic rings. The van der Waals surface area contributed by atoms with E-state index in [0.29, 0.717) is 41.4 Å². The maximum atomic E-state index is 13.0. The molecular weight excluding hydrogens is 397 g/mol. The summed E-state index contributed by atoms with van der Waals surface area (Å²) in [5.41, 5.74) is 1.32. The molecule has 3 rings (SSSR count). The van der Waals surface area contributed by atoms with E-state index in [2.05, 4.69) is 24.5 Å². The first-order valence-corrected chi connectivity index (χ1v) is 11.0. The summed E-state index contributed by atoms with van der Waals surface area (Å²) in [5.74, 6) is 0.391. The fourth-order valence-corrected chi connectivity index (χ4v) is 5.40. The van der Waals surface area contributed by atoms with Gasteiger partial charge in [-0.2, -0.15) is 4.31 Å². The highest BCUT2D eigenvalue weighted by molar-refractivity contribution is 7.89. The molecule has 0 saturated carbocycles. The number of halogens is 1. The number of hydrogen-bond donors (Lipinski definition) is 2. The van der Waals surface area contributed by atoms with Crippen LogP contribution in [0.4, 0.5) is 15.8 Å². The summed E-state index contributed by atoms with van der Waals surface area (Å²) >= 11 is 5.24. The van der Waals surface area contributed by atoms with Gasteiger partial charge in [-0.25, -0.2) is 12.8 Å². The van der Waals surface area contributed by atoms with Crippen molar-refractivity contribution in [3.63, 3.8) is 0 Å². The molecule has 1 saturated heterocycles. The number of piperidine rings is 1. The van der Waals surface area contributed by atoms with Gasteiger partial charge in [0, 0.05) is 24.5 Å². The van der Waals surface area contributed by atoms with Crippen LogP contribution < -0.4 is 10.6 Å². The summed E-state index contributed by atoms with van der Waals surface area (Å²) < 4.78 is 40.4. The van der Waals surface area contributed by atoms with E-state index in [-0.39, 0.29) is 10.7 Å². The predicted octanol–water partition coefficient (Wildman–Crippen LogP) is 4.30. The molecule has 0 spiro atoms. The Morgan fingerprint density at radius 3 is 1.93 bits per heavy atom. The van der Waals surface area contributed by atoms with Crippen LogP contribution in [0.5, 0.6) is 0 Å². The second-order valence-electron chi connectivity index (χ2n) is 7.38. The molecule has 2 aromatic rings. The van der Waals surface area contributed by atoms with E-state index in [0.717, 1.165) is 6.42 Å². The van der Waals surface area contributed by atoms with Gasteiger partial charge in [0.2, 0.25) is 10.0 Å². The topological polar surface area (TPSA) is 61.4 Å². The van der Waals surface area contributed by atoms with E-state index in [1.807, 2.05) is 0 Å². The van der Waals surface area contributed by atoms with Gasteiger partial charge in [-0.3, -0.25) is 0 Å². The molecule has 150 valence electrons. The number of thiocarbonyl (C=S) groups is 1. The molecule has 2 atom stereocenters. The smallest absolute Gasteiger partial charge is 0.243 e. The Kier molecular flexibility index (Phi) is 6.32. The molecule has 0 aromatic heterocycles. The number of benzene rings is 2. The third-order valence-electron chi connectivity index (χ3n) is 4.69. The van der Waals surface area contributed by atoms with Gasteiger partial charge in [-0.15, -0.1) is 0 Å². The van der Waals surface area contributed by atoms with Gasteiger partial charge in [0.25, 0.3) is 0 Å². The van der Waals surface area contributed by atoms with Gasteiger partial charge >= 0.3 is 0 Å². The molecule has 0 radical (unpaired) electrons. The van der Waals surface area contributed by atoms with Crippen molar-refractivity contribution >= 4 is 38.7 Å². The summed E-state index contributed by atoms with van der Waals surface area (Å²) in [4.78, 5) is 0.275. The van der Waals surface area contributed by atoms with Gasteiger partial charge in [0.1, 0.15) is 5.82 Å². The molecule has 2 N–H and O–H groups in total. The number of anilines is 2. The van der Waals surface area contributed by atoms with Crippen LogP contribution in [-0.4, -0.2) is 30.9 Å². The van der Waals surface area contributed by atoms with Crippen LogP contribution in [0.3, 0.4) is 0 Å². The van der Waals surface area contributed by atoms with Crippen molar-refractivity contribution in [2.75, 3.05) is 23.7 Å². The molecule has 0 bridgehead atoms. The average Bonchev–Trinajstić information content (AvgIpc) is 2.63. The standard InChI is InChI=1S/C20H24FN3O2S2/c1-14-11-15(2)13-24(12-14)28(25,26)19-9-7-18(8-10-19)23-20(27)22-17-5-3-16(21)4-6-17/h3-10,14-15H,11-13H2,1-2H3,(H2,22,23,27)/t14-,15-/m1/s1. The number of rotatable bonds is 4. The summed E-state index contributed by atoms with van der Waals surface area (Å²) in [6, 6.07) is 12.4. The molecule has 2 aromatic carbocycles. The van der Waals surface area contributed by atoms with E-state index in [1.165, 1.54) is 12.1 Å². The molecule has 0 amide bonds. The fraction of sp³-hybridized carbons (Fsp3) is 0.350. The highest BCUT2D eigenvalue weighted by Gasteiger charge is 2.31. The Morgan fingerprint density at radius 2 is 1.43 bits per heavy atom. The van der Waals surface area contributed by atoms with Gasteiger partial charge in [0.05, 0.1) is 4.90 Å². The lowest BCUT2D eigenvalue weighted by Crippen LogP contribution is -2.42. The lowest BCUT2D eigenvalue weighted by molar-refractivity contribution is 0.222. The Labute approximate surface area is 171 Å². The molecule has 0 unspecified atom stereocenters. The lowest BCUT2D eigenvalue weighted by atomic mass is 9.94. The maximum Gasteiger partial charge on any atom is 0.243 e. The van der Waals surface area contributed by atoms with E-state index in [4.69, 9.17) is 12.2 Å². The van der Waals surface area contributed by atoms with E-state index in [9.17, 15) is 12.8 Å². The van der Waals surface area contributed by atoms with Crippen LogP contribution in [-0.2, 0) is 10.0 Å². The van der Waals surface area contributed by atoms with Crippen molar-refractivity contribution in [3.05, 3.63) is 54.3 Å². The zero-order chi connectivity index (χ0) is 20.3. The molecule has 1 aliphatic heterocycles. The Bertz CT molecular complexity index is 921. The number of nitrogens with zero attached hydrogens (tertiary/aromatic N) is 1. The normalized spacial score (nSPS) is 20.5. The van der Waals surface area contributed by atoms with Crippen molar-refractivity contribution < 1.29 is 12.8 Å². The first-order valence-electron chi connectivity index (χ1n) is 9.18. The molecule has 28 heavy (non-hydrogen) atoms. The van der Waals surface area contributed by atoms with Gasteiger partial charge in [0.15, 0.2) is 5.11 Å².